The second-order valence-corrected chi connectivity index (χ2v) is 7.91. The summed E-state index contributed by atoms with van der Waals surface area (Å²) in [5.41, 5.74) is 1.18. The number of nitrogens with zero attached hydrogens (tertiary/aromatic N) is 3. The van der Waals surface area contributed by atoms with Crippen molar-refractivity contribution < 1.29 is 9.53 Å². The highest BCUT2D eigenvalue weighted by atomic mass is 16.5. The number of carbonyl (C=O) groups excluding carboxylic acids is 1. The normalized spacial score (nSPS) is 18.0. The third-order valence-electron chi connectivity index (χ3n) is 6.18. The van der Waals surface area contributed by atoms with Crippen LogP contribution in [0, 0.1) is 17.2 Å². The number of nitriles is 1. The predicted octanol–water partition coefficient (Wildman–Crippen LogP) is 3.03. The van der Waals surface area contributed by atoms with E-state index in [1.807, 2.05) is 30.3 Å². The minimum absolute atomic E-state index is 0.112. The Morgan fingerprint density at radius 3 is 2.72 bits per heavy atom. The third kappa shape index (κ3) is 3.77. The molecule has 1 N–H and O–H groups in total. The standard InChI is InChI=1S/C23H26N4O2/c1-29-20-7-3-2-6-19(20)23(10-11-23)22(28)26-16-17-8-13-27(14-9-17)21-18(15-24)5-4-12-25-21/h2-7,12,17H,8-11,13-14,16H2,1H3,(H,26,28). The van der Waals surface area contributed by atoms with Crippen molar-refractivity contribution >= 4 is 11.7 Å². The van der Waals surface area contributed by atoms with Crippen molar-refractivity contribution in [1.82, 2.24) is 10.3 Å². The number of benzene rings is 1. The Morgan fingerprint density at radius 1 is 1.28 bits per heavy atom. The van der Waals surface area contributed by atoms with Crippen molar-refractivity contribution in [1.29, 1.82) is 5.26 Å². The van der Waals surface area contributed by atoms with Gasteiger partial charge in [0, 0.05) is 31.4 Å². The number of anilines is 1. The first kappa shape index (κ1) is 19.3. The molecule has 0 unspecified atom stereocenters. The molecule has 1 amide bonds. The first-order chi connectivity index (χ1) is 14.2. The molecule has 29 heavy (non-hydrogen) atoms. The van der Waals surface area contributed by atoms with Gasteiger partial charge in [0.1, 0.15) is 17.6 Å². The monoisotopic (exact) mass is 390 g/mol. The maximum Gasteiger partial charge on any atom is 0.230 e. The fourth-order valence-electron chi connectivity index (χ4n) is 4.28. The molecule has 1 saturated heterocycles. The summed E-state index contributed by atoms with van der Waals surface area (Å²) in [6.07, 6.45) is 5.42. The van der Waals surface area contributed by atoms with E-state index in [9.17, 15) is 10.1 Å². The van der Waals surface area contributed by atoms with Crippen molar-refractivity contribution in [2.45, 2.75) is 31.1 Å². The zero-order valence-corrected chi connectivity index (χ0v) is 16.7. The lowest BCUT2D eigenvalue weighted by atomic mass is 9.92. The molecule has 4 rings (SSSR count). The van der Waals surface area contributed by atoms with Crippen LogP contribution in [0.4, 0.5) is 5.82 Å². The molecule has 0 bridgehead atoms. The van der Waals surface area contributed by atoms with Crippen LogP contribution in [-0.4, -0.2) is 37.6 Å². The van der Waals surface area contributed by atoms with E-state index in [4.69, 9.17) is 4.74 Å². The molecule has 6 nitrogen and oxygen atoms in total. The van der Waals surface area contributed by atoms with Crippen LogP contribution >= 0.6 is 0 Å². The number of para-hydroxylation sites is 1. The lowest BCUT2D eigenvalue weighted by Gasteiger charge is -2.33. The van der Waals surface area contributed by atoms with Crippen LogP contribution in [0.25, 0.3) is 0 Å². The zero-order chi connectivity index (χ0) is 20.3. The first-order valence-electron chi connectivity index (χ1n) is 10.2. The zero-order valence-electron chi connectivity index (χ0n) is 16.7. The number of hydrogen-bond acceptors (Lipinski definition) is 5. The van der Waals surface area contributed by atoms with Crippen molar-refractivity contribution in [3.05, 3.63) is 53.7 Å². The summed E-state index contributed by atoms with van der Waals surface area (Å²) in [5, 5.41) is 12.5. The van der Waals surface area contributed by atoms with Crippen molar-refractivity contribution in [2.75, 3.05) is 31.6 Å². The Bertz CT molecular complexity index is 924. The molecule has 1 aromatic carbocycles. The quantitative estimate of drug-likeness (QED) is 0.820. The molecule has 2 heterocycles. The van der Waals surface area contributed by atoms with E-state index >= 15 is 0 Å². The Kier molecular flexibility index (Phi) is 5.39. The smallest absolute Gasteiger partial charge is 0.230 e. The van der Waals surface area contributed by atoms with Crippen LogP contribution in [0.15, 0.2) is 42.6 Å². The van der Waals surface area contributed by atoms with Gasteiger partial charge in [-0.2, -0.15) is 5.26 Å². The summed E-state index contributed by atoms with van der Waals surface area (Å²) in [4.78, 5) is 19.5. The molecule has 2 aromatic rings. The number of nitrogens with one attached hydrogen (secondary N) is 1. The molecule has 0 spiro atoms. The second-order valence-electron chi connectivity index (χ2n) is 7.91. The van der Waals surface area contributed by atoms with Gasteiger partial charge in [-0.3, -0.25) is 4.79 Å². The average Bonchev–Trinajstić information content (AvgIpc) is 3.60. The molecule has 1 aliphatic heterocycles. The summed E-state index contributed by atoms with van der Waals surface area (Å²) < 4.78 is 5.47. The number of amides is 1. The van der Waals surface area contributed by atoms with E-state index in [2.05, 4.69) is 21.3 Å². The van der Waals surface area contributed by atoms with Crippen LogP contribution < -0.4 is 15.0 Å². The Balaban J connectivity index is 1.33. The molecule has 1 aliphatic carbocycles. The van der Waals surface area contributed by atoms with E-state index in [1.54, 1.807) is 19.4 Å². The predicted molar refractivity (Wildman–Crippen MR) is 111 cm³/mol. The highest BCUT2D eigenvalue weighted by Gasteiger charge is 2.52. The van der Waals surface area contributed by atoms with E-state index in [-0.39, 0.29) is 5.91 Å². The van der Waals surface area contributed by atoms with Crippen LogP contribution in [0.1, 0.15) is 36.8 Å². The molecule has 1 aromatic heterocycles. The molecule has 2 fully saturated rings. The van der Waals surface area contributed by atoms with E-state index in [0.717, 1.165) is 55.9 Å². The van der Waals surface area contributed by atoms with Gasteiger partial charge in [-0.15, -0.1) is 0 Å². The van der Waals surface area contributed by atoms with Gasteiger partial charge in [0.25, 0.3) is 0 Å². The average molecular weight is 390 g/mol. The summed E-state index contributed by atoms with van der Waals surface area (Å²) in [6, 6.07) is 13.6. The minimum Gasteiger partial charge on any atom is -0.496 e. The number of methoxy groups -OCH3 is 1. The SMILES string of the molecule is COc1ccccc1C1(C(=O)NCC2CCN(c3ncccc3C#N)CC2)CC1. The highest BCUT2D eigenvalue weighted by Crippen LogP contribution is 2.51. The van der Waals surface area contributed by atoms with E-state index in [1.165, 1.54) is 0 Å². The van der Waals surface area contributed by atoms with Gasteiger partial charge in [-0.1, -0.05) is 18.2 Å². The summed E-state index contributed by atoms with van der Waals surface area (Å²) in [7, 11) is 1.65. The summed E-state index contributed by atoms with van der Waals surface area (Å²) in [6.45, 7) is 2.39. The number of carbonyl (C=O) groups is 1. The number of ether oxygens (including phenoxy) is 1. The van der Waals surface area contributed by atoms with Gasteiger partial charge in [0.15, 0.2) is 0 Å². The van der Waals surface area contributed by atoms with Gasteiger partial charge in [0.2, 0.25) is 5.91 Å². The lowest BCUT2D eigenvalue weighted by molar-refractivity contribution is -0.123. The van der Waals surface area contributed by atoms with Gasteiger partial charge >= 0.3 is 0 Å². The third-order valence-corrected chi connectivity index (χ3v) is 6.18. The fourth-order valence-corrected chi connectivity index (χ4v) is 4.28. The molecule has 6 heteroatoms. The Hall–Kier alpha value is -3.07. The molecule has 1 saturated carbocycles. The topological polar surface area (TPSA) is 78.2 Å². The number of piperidine rings is 1. The van der Waals surface area contributed by atoms with Gasteiger partial charge in [-0.05, 0) is 49.8 Å². The molecular formula is C23H26N4O2. The van der Waals surface area contributed by atoms with Crippen molar-refractivity contribution in [3.8, 4) is 11.8 Å². The first-order valence-corrected chi connectivity index (χ1v) is 10.2. The van der Waals surface area contributed by atoms with Crippen molar-refractivity contribution in [2.24, 2.45) is 5.92 Å². The van der Waals surface area contributed by atoms with E-state index in [0.29, 0.717) is 18.0 Å². The van der Waals surface area contributed by atoms with Gasteiger partial charge in [-0.25, -0.2) is 4.98 Å². The Morgan fingerprint density at radius 2 is 2.03 bits per heavy atom. The van der Waals surface area contributed by atoms with E-state index < -0.39 is 5.41 Å². The Labute approximate surface area is 171 Å². The van der Waals surface area contributed by atoms with Crippen LogP contribution in [0.3, 0.4) is 0 Å². The summed E-state index contributed by atoms with van der Waals surface area (Å²) >= 11 is 0. The van der Waals surface area contributed by atoms with Crippen molar-refractivity contribution in [3.63, 3.8) is 0 Å². The molecule has 150 valence electrons. The minimum atomic E-state index is -0.428. The lowest BCUT2D eigenvalue weighted by Crippen LogP contribution is -2.42. The molecule has 2 aliphatic rings. The maximum atomic E-state index is 13.0. The molecular weight excluding hydrogens is 364 g/mol. The largest absolute Gasteiger partial charge is 0.496 e. The molecule has 0 radical (unpaired) electrons. The number of rotatable bonds is 6. The number of aromatic nitrogens is 1. The molecule has 0 atom stereocenters. The van der Waals surface area contributed by atoms with Gasteiger partial charge < -0.3 is 15.0 Å². The van der Waals surface area contributed by atoms with Gasteiger partial charge in [0.05, 0.1) is 18.1 Å². The van der Waals surface area contributed by atoms with Crippen LogP contribution in [0.5, 0.6) is 5.75 Å². The number of pyridine rings is 1. The fraction of sp³-hybridized carbons (Fsp3) is 0.435. The maximum absolute atomic E-state index is 13.0. The highest BCUT2D eigenvalue weighted by molar-refractivity contribution is 5.92. The van der Waals surface area contributed by atoms with Crippen LogP contribution in [-0.2, 0) is 10.2 Å². The number of hydrogen-bond donors (Lipinski definition) is 1. The summed E-state index contributed by atoms with van der Waals surface area (Å²) in [5.74, 6) is 2.11. The second kappa shape index (κ2) is 8.12. The van der Waals surface area contributed by atoms with Crippen LogP contribution in [0.2, 0.25) is 0 Å².